The Morgan fingerprint density at radius 2 is 2.27 bits per heavy atom. The Kier molecular flexibility index (Phi) is 2.92. The van der Waals surface area contributed by atoms with Crippen molar-refractivity contribution >= 4 is 28.6 Å². The molecule has 0 aliphatic heterocycles. The molecule has 1 aromatic carbocycles. The van der Waals surface area contributed by atoms with Gasteiger partial charge in [0.25, 0.3) is 0 Å². The SMILES string of the molecule is COc1ccc(NI)cc1F. The highest BCUT2D eigenvalue weighted by Gasteiger charge is 2.01. The molecule has 2 nitrogen and oxygen atoms in total. The molecule has 0 aromatic heterocycles. The lowest BCUT2D eigenvalue weighted by Gasteiger charge is -2.02. The van der Waals surface area contributed by atoms with Gasteiger partial charge in [-0.05, 0) is 12.1 Å². The first kappa shape index (κ1) is 8.58. The lowest BCUT2D eigenvalue weighted by Crippen LogP contribution is -1.88. The zero-order valence-electron chi connectivity index (χ0n) is 5.90. The zero-order chi connectivity index (χ0) is 8.27. The normalized spacial score (nSPS) is 9.36. The highest BCUT2D eigenvalue weighted by molar-refractivity contribution is 14.1. The van der Waals surface area contributed by atoms with Crippen LogP contribution in [-0.2, 0) is 0 Å². The third-order valence-electron chi connectivity index (χ3n) is 1.26. The van der Waals surface area contributed by atoms with Crippen LogP contribution in [0.25, 0.3) is 0 Å². The van der Waals surface area contributed by atoms with Gasteiger partial charge in [-0.2, -0.15) is 0 Å². The zero-order valence-corrected chi connectivity index (χ0v) is 8.05. The minimum Gasteiger partial charge on any atom is -0.494 e. The summed E-state index contributed by atoms with van der Waals surface area (Å²) in [5, 5.41) is 0. The number of methoxy groups -OCH3 is 1. The summed E-state index contributed by atoms with van der Waals surface area (Å²) in [7, 11) is 1.44. The van der Waals surface area contributed by atoms with Crippen LogP contribution in [0.4, 0.5) is 10.1 Å². The molecule has 0 amide bonds. The van der Waals surface area contributed by atoms with E-state index in [-0.39, 0.29) is 11.6 Å². The molecule has 0 radical (unpaired) electrons. The van der Waals surface area contributed by atoms with Crippen molar-refractivity contribution in [1.29, 1.82) is 0 Å². The van der Waals surface area contributed by atoms with Crippen LogP contribution in [0.2, 0.25) is 0 Å². The number of anilines is 1. The first-order valence-corrected chi connectivity index (χ1v) is 4.06. The minimum absolute atomic E-state index is 0.264. The Hall–Kier alpha value is -0.520. The van der Waals surface area contributed by atoms with Gasteiger partial charge in [0, 0.05) is 11.8 Å². The second-order valence-electron chi connectivity index (χ2n) is 1.94. The van der Waals surface area contributed by atoms with E-state index in [1.54, 1.807) is 12.1 Å². The van der Waals surface area contributed by atoms with Crippen LogP contribution in [-0.4, -0.2) is 7.11 Å². The topological polar surface area (TPSA) is 21.3 Å². The van der Waals surface area contributed by atoms with Gasteiger partial charge in [-0.15, -0.1) is 0 Å². The minimum atomic E-state index is -0.353. The lowest BCUT2D eigenvalue weighted by atomic mass is 10.3. The molecule has 60 valence electrons. The van der Waals surface area contributed by atoms with Gasteiger partial charge in [0.05, 0.1) is 30.0 Å². The van der Waals surface area contributed by atoms with Gasteiger partial charge >= 0.3 is 0 Å². The van der Waals surface area contributed by atoms with Crippen LogP contribution in [0.1, 0.15) is 0 Å². The molecule has 0 saturated heterocycles. The summed E-state index contributed by atoms with van der Waals surface area (Å²) in [5.74, 6) is -0.0884. The Bertz CT molecular complexity index is 254. The Labute approximate surface area is 78.2 Å². The Morgan fingerprint density at radius 3 is 2.73 bits per heavy atom. The van der Waals surface area contributed by atoms with Gasteiger partial charge in [-0.25, -0.2) is 4.39 Å². The van der Waals surface area contributed by atoms with Crippen LogP contribution < -0.4 is 8.27 Å². The van der Waals surface area contributed by atoms with Gasteiger partial charge in [-0.1, -0.05) is 0 Å². The van der Waals surface area contributed by atoms with Gasteiger partial charge in [0.1, 0.15) is 0 Å². The summed E-state index contributed by atoms with van der Waals surface area (Å²) >= 11 is 1.94. The molecule has 0 saturated carbocycles. The highest BCUT2D eigenvalue weighted by Crippen LogP contribution is 2.20. The second kappa shape index (κ2) is 3.75. The summed E-state index contributed by atoms with van der Waals surface area (Å²) < 4.78 is 20.4. The summed E-state index contributed by atoms with van der Waals surface area (Å²) in [6, 6.07) is 4.70. The lowest BCUT2D eigenvalue weighted by molar-refractivity contribution is 0.387. The fraction of sp³-hybridized carbons (Fsp3) is 0.143. The fourth-order valence-corrected chi connectivity index (χ4v) is 1.06. The van der Waals surface area contributed by atoms with Crippen LogP contribution >= 0.6 is 22.9 Å². The summed E-state index contributed by atoms with van der Waals surface area (Å²) in [6.07, 6.45) is 0. The third-order valence-corrected chi connectivity index (χ3v) is 1.88. The van der Waals surface area contributed by atoms with Crippen molar-refractivity contribution in [2.45, 2.75) is 0 Å². The second-order valence-corrected chi connectivity index (χ2v) is 2.48. The van der Waals surface area contributed by atoms with Crippen molar-refractivity contribution in [1.82, 2.24) is 0 Å². The number of benzene rings is 1. The maximum absolute atomic E-state index is 12.9. The molecule has 0 spiro atoms. The molecule has 0 fully saturated rings. The van der Waals surface area contributed by atoms with E-state index >= 15 is 0 Å². The quantitative estimate of drug-likeness (QED) is 0.657. The van der Waals surface area contributed by atoms with Crippen LogP contribution in [0.5, 0.6) is 5.75 Å². The largest absolute Gasteiger partial charge is 0.494 e. The maximum atomic E-state index is 12.9. The summed E-state index contributed by atoms with van der Waals surface area (Å²) in [4.78, 5) is 0. The van der Waals surface area contributed by atoms with Crippen molar-refractivity contribution in [2.24, 2.45) is 0 Å². The number of nitrogens with one attached hydrogen (secondary N) is 1. The molecule has 1 aromatic rings. The fourth-order valence-electron chi connectivity index (χ4n) is 0.725. The van der Waals surface area contributed by atoms with E-state index in [1.165, 1.54) is 13.2 Å². The molecule has 0 heterocycles. The summed E-state index contributed by atoms with van der Waals surface area (Å²) in [5.41, 5.74) is 0.726. The van der Waals surface area contributed by atoms with Crippen molar-refractivity contribution in [2.75, 3.05) is 10.6 Å². The van der Waals surface area contributed by atoms with E-state index < -0.39 is 0 Å². The molecular formula is C7H7FINO. The highest BCUT2D eigenvalue weighted by atomic mass is 127. The van der Waals surface area contributed by atoms with E-state index in [9.17, 15) is 4.39 Å². The van der Waals surface area contributed by atoms with Crippen molar-refractivity contribution in [3.05, 3.63) is 24.0 Å². The van der Waals surface area contributed by atoms with Gasteiger partial charge in [0.15, 0.2) is 11.6 Å². The van der Waals surface area contributed by atoms with Gasteiger partial charge < -0.3 is 8.27 Å². The Balaban J connectivity index is 2.99. The third kappa shape index (κ3) is 1.95. The maximum Gasteiger partial charge on any atom is 0.167 e. The van der Waals surface area contributed by atoms with Crippen LogP contribution in [0, 0.1) is 5.82 Å². The molecule has 0 atom stereocenters. The molecular weight excluding hydrogens is 260 g/mol. The van der Waals surface area contributed by atoms with E-state index in [0.717, 1.165) is 5.69 Å². The predicted octanol–water partition coefficient (Wildman–Crippen LogP) is 2.60. The van der Waals surface area contributed by atoms with E-state index in [2.05, 4.69) is 3.53 Å². The number of rotatable bonds is 2. The number of ether oxygens (including phenoxy) is 1. The molecule has 1 N–H and O–H groups in total. The van der Waals surface area contributed by atoms with Crippen LogP contribution in [0.15, 0.2) is 18.2 Å². The number of halogens is 2. The molecule has 0 unspecified atom stereocenters. The molecule has 0 aliphatic rings. The van der Waals surface area contributed by atoms with Crippen molar-refractivity contribution in [3.8, 4) is 5.75 Å². The van der Waals surface area contributed by atoms with E-state index in [1.807, 2.05) is 22.9 Å². The average molecular weight is 267 g/mol. The Morgan fingerprint density at radius 1 is 1.55 bits per heavy atom. The molecule has 0 aliphatic carbocycles. The number of hydrogen-bond donors (Lipinski definition) is 1. The monoisotopic (exact) mass is 267 g/mol. The molecule has 4 heteroatoms. The first-order chi connectivity index (χ1) is 5.27. The van der Waals surface area contributed by atoms with E-state index in [0.29, 0.717) is 0 Å². The van der Waals surface area contributed by atoms with Crippen LogP contribution in [0.3, 0.4) is 0 Å². The molecule has 0 bridgehead atoms. The van der Waals surface area contributed by atoms with Gasteiger partial charge in [0.2, 0.25) is 0 Å². The number of hydrogen-bond acceptors (Lipinski definition) is 2. The average Bonchev–Trinajstić information content (AvgIpc) is 2.04. The van der Waals surface area contributed by atoms with Gasteiger partial charge in [-0.3, -0.25) is 0 Å². The smallest absolute Gasteiger partial charge is 0.167 e. The standard InChI is InChI=1S/C7H7FINO/c1-11-7-3-2-5(10-9)4-6(7)8/h2-4,10H,1H3. The molecule has 1 rings (SSSR count). The van der Waals surface area contributed by atoms with Crippen molar-refractivity contribution < 1.29 is 9.13 Å². The first-order valence-electron chi connectivity index (χ1n) is 2.98. The summed E-state index contributed by atoms with van der Waals surface area (Å²) in [6.45, 7) is 0. The molecule has 11 heavy (non-hydrogen) atoms. The van der Waals surface area contributed by atoms with E-state index in [4.69, 9.17) is 4.74 Å². The van der Waals surface area contributed by atoms with Crippen molar-refractivity contribution in [3.63, 3.8) is 0 Å². The predicted molar refractivity (Wildman–Crippen MR) is 50.6 cm³/mol.